The van der Waals surface area contributed by atoms with Crippen LogP contribution in [0.4, 0.5) is 0 Å². The van der Waals surface area contributed by atoms with E-state index >= 15 is 0 Å². The van der Waals surface area contributed by atoms with Crippen LogP contribution in [0.15, 0.2) is 12.4 Å². The molecule has 21 heavy (non-hydrogen) atoms. The van der Waals surface area contributed by atoms with E-state index in [1.54, 1.807) is 0 Å². The second kappa shape index (κ2) is 6.58. The number of amides is 1. The number of imidazole rings is 1. The molecule has 6 nitrogen and oxygen atoms in total. The number of likely N-dealkylation sites (tertiary alicyclic amines) is 1. The van der Waals surface area contributed by atoms with E-state index in [2.05, 4.69) is 14.5 Å². The fourth-order valence-corrected chi connectivity index (χ4v) is 3.28. The van der Waals surface area contributed by atoms with Crippen LogP contribution in [0.25, 0.3) is 0 Å². The molecule has 3 rings (SSSR count). The SMILES string of the molecule is Cn1ccnc1C1CCCN(CC(=O)N2CCOCC2)C1. The van der Waals surface area contributed by atoms with E-state index in [1.807, 2.05) is 24.3 Å². The monoisotopic (exact) mass is 292 g/mol. The fourth-order valence-electron chi connectivity index (χ4n) is 3.28. The fraction of sp³-hybridized carbons (Fsp3) is 0.733. The highest BCUT2D eigenvalue weighted by Crippen LogP contribution is 2.25. The second-order valence-corrected chi connectivity index (χ2v) is 5.96. The zero-order valence-electron chi connectivity index (χ0n) is 12.7. The van der Waals surface area contributed by atoms with E-state index in [1.165, 1.54) is 0 Å². The van der Waals surface area contributed by atoms with E-state index in [9.17, 15) is 4.79 Å². The first kappa shape index (κ1) is 14.5. The number of carbonyl (C=O) groups is 1. The predicted octanol–water partition coefficient (Wildman–Crippen LogP) is 0.458. The highest BCUT2D eigenvalue weighted by molar-refractivity contribution is 5.78. The molecule has 6 heteroatoms. The second-order valence-electron chi connectivity index (χ2n) is 5.96. The maximum absolute atomic E-state index is 12.3. The number of hydrogen-bond donors (Lipinski definition) is 0. The number of carbonyl (C=O) groups excluding carboxylic acids is 1. The number of aryl methyl sites for hydroxylation is 1. The average Bonchev–Trinajstić information content (AvgIpc) is 2.94. The van der Waals surface area contributed by atoms with Crippen LogP contribution in [0.3, 0.4) is 0 Å². The number of morpholine rings is 1. The summed E-state index contributed by atoms with van der Waals surface area (Å²) < 4.78 is 7.40. The first-order valence-electron chi connectivity index (χ1n) is 7.79. The lowest BCUT2D eigenvalue weighted by Crippen LogP contribution is -2.47. The molecule has 1 unspecified atom stereocenters. The Morgan fingerprint density at radius 3 is 2.90 bits per heavy atom. The van der Waals surface area contributed by atoms with Crippen LogP contribution < -0.4 is 0 Å². The van der Waals surface area contributed by atoms with Gasteiger partial charge in [-0.25, -0.2) is 4.98 Å². The van der Waals surface area contributed by atoms with E-state index in [0.29, 0.717) is 25.7 Å². The smallest absolute Gasteiger partial charge is 0.236 e. The zero-order chi connectivity index (χ0) is 14.7. The molecule has 2 aliphatic rings. The van der Waals surface area contributed by atoms with Crippen molar-refractivity contribution in [2.75, 3.05) is 45.9 Å². The van der Waals surface area contributed by atoms with Gasteiger partial charge in [0.2, 0.25) is 5.91 Å². The van der Waals surface area contributed by atoms with E-state index in [0.717, 1.165) is 44.8 Å². The number of hydrogen-bond acceptors (Lipinski definition) is 4. The summed E-state index contributed by atoms with van der Waals surface area (Å²) in [5, 5.41) is 0. The van der Waals surface area contributed by atoms with Crippen molar-refractivity contribution in [3.8, 4) is 0 Å². The highest BCUT2D eigenvalue weighted by atomic mass is 16.5. The van der Waals surface area contributed by atoms with Gasteiger partial charge in [-0.2, -0.15) is 0 Å². The summed E-state index contributed by atoms with van der Waals surface area (Å²) in [6, 6.07) is 0. The molecule has 0 saturated carbocycles. The third-order valence-electron chi connectivity index (χ3n) is 4.45. The van der Waals surface area contributed by atoms with E-state index < -0.39 is 0 Å². The van der Waals surface area contributed by atoms with Crippen LogP contribution in [0.5, 0.6) is 0 Å². The Balaban J connectivity index is 1.56. The number of ether oxygens (including phenoxy) is 1. The molecule has 1 aromatic heterocycles. The van der Waals surface area contributed by atoms with Crippen molar-refractivity contribution in [1.29, 1.82) is 0 Å². The number of aromatic nitrogens is 2. The quantitative estimate of drug-likeness (QED) is 0.812. The van der Waals surface area contributed by atoms with Gasteiger partial charge in [0, 0.05) is 45.0 Å². The van der Waals surface area contributed by atoms with Gasteiger partial charge in [-0.05, 0) is 19.4 Å². The standard InChI is InChI=1S/C15H24N4O2/c1-17-6-4-16-15(17)13-3-2-5-18(11-13)12-14(20)19-7-9-21-10-8-19/h4,6,13H,2-3,5,7-12H2,1H3. The molecule has 116 valence electrons. The minimum atomic E-state index is 0.235. The van der Waals surface area contributed by atoms with Gasteiger partial charge in [0.1, 0.15) is 5.82 Å². The Bertz CT molecular complexity index is 482. The maximum atomic E-state index is 12.3. The van der Waals surface area contributed by atoms with Crippen LogP contribution >= 0.6 is 0 Å². The Morgan fingerprint density at radius 1 is 1.38 bits per heavy atom. The summed E-state index contributed by atoms with van der Waals surface area (Å²) in [4.78, 5) is 21.0. The van der Waals surface area contributed by atoms with Gasteiger partial charge in [0.05, 0.1) is 19.8 Å². The molecule has 0 spiro atoms. The summed E-state index contributed by atoms with van der Waals surface area (Å²) in [6.07, 6.45) is 6.14. The molecule has 0 aliphatic carbocycles. The van der Waals surface area contributed by atoms with Crippen LogP contribution in [0.2, 0.25) is 0 Å². The summed E-state index contributed by atoms with van der Waals surface area (Å²) >= 11 is 0. The number of rotatable bonds is 3. The van der Waals surface area contributed by atoms with Crippen LogP contribution in [-0.2, 0) is 16.6 Å². The summed E-state index contributed by atoms with van der Waals surface area (Å²) in [7, 11) is 2.04. The normalized spacial score (nSPS) is 24.2. The van der Waals surface area contributed by atoms with Crippen molar-refractivity contribution in [1.82, 2.24) is 19.4 Å². The topological polar surface area (TPSA) is 50.6 Å². The molecule has 2 fully saturated rings. The van der Waals surface area contributed by atoms with Gasteiger partial charge in [-0.3, -0.25) is 9.69 Å². The molecule has 1 amide bonds. The minimum absolute atomic E-state index is 0.235. The van der Waals surface area contributed by atoms with Crippen molar-refractivity contribution in [2.45, 2.75) is 18.8 Å². The Morgan fingerprint density at radius 2 is 2.19 bits per heavy atom. The van der Waals surface area contributed by atoms with E-state index in [4.69, 9.17) is 4.74 Å². The average molecular weight is 292 g/mol. The van der Waals surface area contributed by atoms with Gasteiger partial charge in [-0.15, -0.1) is 0 Å². The zero-order valence-corrected chi connectivity index (χ0v) is 12.7. The van der Waals surface area contributed by atoms with Crippen LogP contribution in [-0.4, -0.2) is 71.2 Å². The first-order valence-corrected chi connectivity index (χ1v) is 7.79. The molecule has 2 aliphatic heterocycles. The lowest BCUT2D eigenvalue weighted by atomic mass is 9.97. The maximum Gasteiger partial charge on any atom is 0.236 e. The largest absolute Gasteiger partial charge is 0.378 e. The van der Waals surface area contributed by atoms with Gasteiger partial charge in [0.15, 0.2) is 0 Å². The molecular formula is C15H24N4O2. The lowest BCUT2D eigenvalue weighted by Gasteiger charge is -2.34. The van der Waals surface area contributed by atoms with Gasteiger partial charge < -0.3 is 14.2 Å². The van der Waals surface area contributed by atoms with Crippen molar-refractivity contribution in [3.63, 3.8) is 0 Å². The Kier molecular flexibility index (Phi) is 4.55. The predicted molar refractivity (Wildman–Crippen MR) is 79.0 cm³/mol. The lowest BCUT2D eigenvalue weighted by molar-refractivity contribution is -0.136. The van der Waals surface area contributed by atoms with Gasteiger partial charge in [0.25, 0.3) is 0 Å². The summed E-state index contributed by atoms with van der Waals surface area (Å²) in [6.45, 7) is 5.27. The molecule has 0 aromatic carbocycles. The van der Waals surface area contributed by atoms with Crippen molar-refractivity contribution in [2.24, 2.45) is 7.05 Å². The molecule has 1 aromatic rings. The molecular weight excluding hydrogens is 268 g/mol. The van der Waals surface area contributed by atoms with Gasteiger partial charge >= 0.3 is 0 Å². The minimum Gasteiger partial charge on any atom is -0.378 e. The Labute approximate surface area is 125 Å². The third-order valence-corrected chi connectivity index (χ3v) is 4.45. The molecule has 2 saturated heterocycles. The van der Waals surface area contributed by atoms with Crippen LogP contribution in [0, 0.1) is 0 Å². The van der Waals surface area contributed by atoms with Gasteiger partial charge in [-0.1, -0.05) is 0 Å². The Hall–Kier alpha value is -1.40. The van der Waals surface area contributed by atoms with E-state index in [-0.39, 0.29) is 5.91 Å². The summed E-state index contributed by atoms with van der Waals surface area (Å²) in [5.41, 5.74) is 0. The summed E-state index contributed by atoms with van der Waals surface area (Å²) in [5.74, 6) is 1.81. The van der Waals surface area contributed by atoms with Crippen molar-refractivity contribution < 1.29 is 9.53 Å². The molecule has 3 heterocycles. The first-order chi connectivity index (χ1) is 10.2. The molecule has 0 N–H and O–H groups in total. The highest BCUT2D eigenvalue weighted by Gasteiger charge is 2.27. The molecule has 0 radical (unpaired) electrons. The number of nitrogens with zero attached hydrogens (tertiary/aromatic N) is 4. The third kappa shape index (κ3) is 3.44. The van der Waals surface area contributed by atoms with Crippen molar-refractivity contribution in [3.05, 3.63) is 18.2 Å². The number of piperidine rings is 1. The van der Waals surface area contributed by atoms with Crippen LogP contribution in [0.1, 0.15) is 24.6 Å². The molecule has 1 atom stereocenters. The van der Waals surface area contributed by atoms with Crippen molar-refractivity contribution >= 4 is 5.91 Å². The molecule has 0 bridgehead atoms.